The fourth-order valence-corrected chi connectivity index (χ4v) is 1.85. The molecule has 2 heterocycles. The average molecular weight is 257 g/mol. The van der Waals surface area contributed by atoms with Crippen molar-refractivity contribution >= 4 is 0 Å². The summed E-state index contributed by atoms with van der Waals surface area (Å²) in [5.41, 5.74) is 2.47. The SMILES string of the molecule is CNCc1ccnc(OCCCc2ccncc2)c1. The quantitative estimate of drug-likeness (QED) is 0.773. The Morgan fingerprint density at radius 1 is 1.11 bits per heavy atom. The highest BCUT2D eigenvalue weighted by Gasteiger charge is 1.98. The summed E-state index contributed by atoms with van der Waals surface area (Å²) in [5, 5.41) is 3.11. The van der Waals surface area contributed by atoms with Crippen LogP contribution in [0.2, 0.25) is 0 Å². The summed E-state index contributed by atoms with van der Waals surface area (Å²) in [5.74, 6) is 0.697. The van der Waals surface area contributed by atoms with Crippen LogP contribution in [0.4, 0.5) is 0 Å². The first-order valence-corrected chi connectivity index (χ1v) is 6.50. The number of nitrogens with one attached hydrogen (secondary N) is 1. The van der Waals surface area contributed by atoms with Gasteiger partial charge >= 0.3 is 0 Å². The van der Waals surface area contributed by atoms with Gasteiger partial charge in [-0.1, -0.05) is 0 Å². The van der Waals surface area contributed by atoms with E-state index >= 15 is 0 Å². The van der Waals surface area contributed by atoms with Crippen molar-refractivity contribution in [2.75, 3.05) is 13.7 Å². The molecule has 2 aromatic rings. The maximum Gasteiger partial charge on any atom is 0.213 e. The van der Waals surface area contributed by atoms with Crippen LogP contribution in [0.3, 0.4) is 0 Å². The molecule has 0 atom stereocenters. The van der Waals surface area contributed by atoms with Gasteiger partial charge in [0, 0.05) is 31.2 Å². The van der Waals surface area contributed by atoms with Crippen molar-refractivity contribution in [3.8, 4) is 5.88 Å². The van der Waals surface area contributed by atoms with Gasteiger partial charge in [0.2, 0.25) is 5.88 Å². The van der Waals surface area contributed by atoms with E-state index in [0.717, 1.165) is 19.4 Å². The highest BCUT2D eigenvalue weighted by atomic mass is 16.5. The van der Waals surface area contributed by atoms with Crippen LogP contribution in [-0.2, 0) is 13.0 Å². The largest absolute Gasteiger partial charge is 0.478 e. The van der Waals surface area contributed by atoms with Crippen molar-refractivity contribution in [2.45, 2.75) is 19.4 Å². The van der Waals surface area contributed by atoms with Crippen LogP contribution in [0, 0.1) is 0 Å². The Morgan fingerprint density at radius 3 is 2.68 bits per heavy atom. The molecule has 0 aliphatic carbocycles. The molecule has 0 fully saturated rings. The molecule has 1 N–H and O–H groups in total. The van der Waals surface area contributed by atoms with Crippen LogP contribution in [-0.4, -0.2) is 23.6 Å². The minimum atomic E-state index is 0.679. The summed E-state index contributed by atoms with van der Waals surface area (Å²) < 4.78 is 5.66. The summed E-state index contributed by atoms with van der Waals surface area (Å²) in [6.45, 7) is 1.51. The lowest BCUT2D eigenvalue weighted by molar-refractivity contribution is 0.299. The van der Waals surface area contributed by atoms with Gasteiger partial charge in [-0.15, -0.1) is 0 Å². The number of hydrogen-bond acceptors (Lipinski definition) is 4. The third-order valence-electron chi connectivity index (χ3n) is 2.79. The maximum atomic E-state index is 5.66. The number of hydrogen-bond donors (Lipinski definition) is 1. The average Bonchev–Trinajstić information content (AvgIpc) is 2.46. The van der Waals surface area contributed by atoms with E-state index < -0.39 is 0 Å². The summed E-state index contributed by atoms with van der Waals surface area (Å²) in [6, 6.07) is 8.03. The first kappa shape index (κ1) is 13.5. The fraction of sp³-hybridized carbons (Fsp3) is 0.333. The Bertz CT molecular complexity index is 488. The Hall–Kier alpha value is -1.94. The van der Waals surface area contributed by atoms with Gasteiger partial charge in [0.25, 0.3) is 0 Å². The third kappa shape index (κ3) is 4.67. The van der Waals surface area contributed by atoms with E-state index in [-0.39, 0.29) is 0 Å². The van der Waals surface area contributed by atoms with E-state index in [1.165, 1.54) is 11.1 Å². The van der Waals surface area contributed by atoms with Crippen molar-refractivity contribution in [3.63, 3.8) is 0 Å². The lowest BCUT2D eigenvalue weighted by Gasteiger charge is -2.07. The summed E-state index contributed by atoms with van der Waals surface area (Å²) >= 11 is 0. The van der Waals surface area contributed by atoms with Crippen LogP contribution in [0.1, 0.15) is 17.5 Å². The molecule has 0 saturated heterocycles. The smallest absolute Gasteiger partial charge is 0.213 e. The van der Waals surface area contributed by atoms with E-state index in [0.29, 0.717) is 12.5 Å². The summed E-state index contributed by atoms with van der Waals surface area (Å²) in [7, 11) is 1.93. The van der Waals surface area contributed by atoms with E-state index in [2.05, 4.69) is 15.3 Å². The summed E-state index contributed by atoms with van der Waals surface area (Å²) in [4.78, 5) is 8.21. The second-order valence-electron chi connectivity index (χ2n) is 4.34. The predicted molar refractivity (Wildman–Crippen MR) is 75.1 cm³/mol. The van der Waals surface area contributed by atoms with Gasteiger partial charge in [-0.2, -0.15) is 0 Å². The Labute approximate surface area is 113 Å². The Morgan fingerprint density at radius 2 is 1.89 bits per heavy atom. The molecule has 0 aromatic carbocycles. The molecular weight excluding hydrogens is 238 g/mol. The predicted octanol–water partition coefficient (Wildman–Crippen LogP) is 2.21. The second kappa shape index (κ2) is 7.48. The molecule has 0 amide bonds. The Balaban J connectivity index is 1.75. The molecule has 0 aliphatic heterocycles. The van der Waals surface area contributed by atoms with E-state index in [4.69, 9.17) is 4.74 Å². The van der Waals surface area contributed by atoms with E-state index in [1.54, 1.807) is 6.20 Å². The molecule has 0 saturated carbocycles. The van der Waals surface area contributed by atoms with Crippen LogP contribution < -0.4 is 10.1 Å². The molecule has 2 aromatic heterocycles. The van der Waals surface area contributed by atoms with Crippen molar-refractivity contribution in [1.29, 1.82) is 0 Å². The number of pyridine rings is 2. The number of nitrogens with zero attached hydrogens (tertiary/aromatic N) is 2. The zero-order chi connectivity index (χ0) is 13.3. The highest BCUT2D eigenvalue weighted by Crippen LogP contribution is 2.10. The lowest BCUT2D eigenvalue weighted by Crippen LogP contribution is -2.06. The molecule has 0 spiro atoms. The zero-order valence-corrected chi connectivity index (χ0v) is 11.2. The molecule has 0 bridgehead atoms. The van der Waals surface area contributed by atoms with Crippen molar-refractivity contribution in [2.24, 2.45) is 0 Å². The van der Waals surface area contributed by atoms with Gasteiger partial charge in [-0.25, -0.2) is 4.98 Å². The van der Waals surface area contributed by atoms with Crippen LogP contribution in [0.15, 0.2) is 42.9 Å². The van der Waals surface area contributed by atoms with Crippen LogP contribution in [0.25, 0.3) is 0 Å². The highest BCUT2D eigenvalue weighted by molar-refractivity contribution is 5.20. The normalized spacial score (nSPS) is 10.4. The van der Waals surface area contributed by atoms with E-state index in [9.17, 15) is 0 Å². The second-order valence-corrected chi connectivity index (χ2v) is 4.34. The molecule has 0 radical (unpaired) electrons. The topological polar surface area (TPSA) is 47.0 Å². The lowest BCUT2D eigenvalue weighted by atomic mass is 10.1. The van der Waals surface area contributed by atoms with Gasteiger partial charge in [0.15, 0.2) is 0 Å². The standard InChI is InChI=1S/C15H19N3O/c1-16-12-14-6-9-18-15(11-14)19-10-2-3-13-4-7-17-8-5-13/h4-9,11,16H,2-3,10,12H2,1H3. The monoisotopic (exact) mass is 257 g/mol. The van der Waals surface area contributed by atoms with Gasteiger partial charge in [0.1, 0.15) is 0 Å². The fourth-order valence-electron chi connectivity index (χ4n) is 1.85. The minimum Gasteiger partial charge on any atom is -0.478 e. The molecule has 100 valence electrons. The Kier molecular flexibility index (Phi) is 5.31. The van der Waals surface area contributed by atoms with Gasteiger partial charge in [-0.05, 0) is 49.2 Å². The molecule has 0 aliphatic rings. The van der Waals surface area contributed by atoms with Crippen molar-refractivity contribution in [3.05, 3.63) is 54.0 Å². The molecule has 19 heavy (non-hydrogen) atoms. The molecule has 4 nitrogen and oxygen atoms in total. The molecular formula is C15H19N3O. The van der Waals surface area contributed by atoms with E-state index in [1.807, 2.05) is 43.7 Å². The van der Waals surface area contributed by atoms with Gasteiger partial charge in [-0.3, -0.25) is 4.98 Å². The van der Waals surface area contributed by atoms with Gasteiger partial charge in [0.05, 0.1) is 6.61 Å². The summed E-state index contributed by atoms with van der Waals surface area (Å²) in [6.07, 6.45) is 7.39. The molecule has 2 rings (SSSR count). The van der Waals surface area contributed by atoms with Gasteiger partial charge < -0.3 is 10.1 Å². The van der Waals surface area contributed by atoms with Crippen LogP contribution in [0.5, 0.6) is 5.88 Å². The molecule has 0 unspecified atom stereocenters. The minimum absolute atomic E-state index is 0.679. The number of aryl methyl sites for hydroxylation is 1. The number of ether oxygens (including phenoxy) is 1. The maximum absolute atomic E-state index is 5.66. The number of aromatic nitrogens is 2. The van der Waals surface area contributed by atoms with Crippen LogP contribution >= 0.6 is 0 Å². The third-order valence-corrected chi connectivity index (χ3v) is 2.79. The number of rotatable bonds is 7. The first-order valence-electron chi connectivity index (χ1n) is 6.50. The molecule has 4 heteroatoms. The van der Waals surface area contributed by atoms with Crippen molar-refractivity contribution in [1.82, 2.24) is 15.3 Å². The van der Waals surface area contributed by atoms with Crippen molar-refractivity contribution < 1.29 is 4.74 Å². The zero-order valence-electron chi connectivity index (χ0n) is 11.2. The first-order chi connectivity index (χ1) is 9.38.